The third-order valence-electron chi connectivity index (χ3n) is 3.53. The van der Waals surface area contributed by atoms with Gasteiger partial charge in [0.2, 0.25) is 0 Å². The summed E-state index contributed by atoms with van der Waals surface area (Å²) in [5, 5.41) is 0.787. The molecule has 1 aliphatic rings. The largest absolute Gasteiger partial charge is 0.300 e. The molecule has 5 nitrogen and oxygen atoms in total. The smallest absolute Gasteiger partial charge is 0.197 e. The van der Waals surface area contributed by atoms with Crippen LogP contribution < -0.4 is 11.3 Å². The summed E-state index contributed by atoms with van der Waals surface area (Å²) in [7, 11) is 2.18. The Labute approximate surface area is 113 Å². The third-order valence-corrected chi connectivity index (χ3v) is 4.44. The normalized spacial score (nSPS) is 20.8. The molecule has 0 spiro atoms. The van der Waals surface area contributed by atoms with Crippen LogP contribution in [0.4, 0.5) is 5.13 Å². The van der Waals surface area contributed by atoms with E-state index < -0.39 is 0 Å². The molecule has 18 heavy (non-hydrogen) atoms. The Hall–Kier alpha value is -0.690. The molecule has 1 atom stereocenters. The average molecular weight is 269 g/mol. The molecule has 0 bridgehead atoms. The van der Waals surface area contributed by atoms with Crippen molar-refractivity contribution in [2.75, 3.05) is 32.1 Å². The van der Waals surface area contributed by atoms with Crippen LogP contribution in [0.5, 0.6) is 0 Å². The van der Waals surface area contributed by atoms with Gasteiger partial charge in [-0.15, -0.1) is 0 Å². The number of aromatic nitrogens is 1. The van der Waals surface area contributed by atoms with Crippen molar-refractivity contribution < 1.29 is 0 Å². The zero-order valence-electron chi connectivity index (χ0n) is 11.2. The predicted octanol–water partition coefficient (Wildman–Crippen LogP) is 1.34. The Morgan fingerprint density at radius 1 is 1.67 bits per heavy atom. The Morgan fingerprint density at radius 3 is 3.17 bits per heavy atom. The van der Waals surface area contributed by atoms with E-state index in [9.17, 15) is 0 Å². The number of anilines is 1. The number of hydrogen-bond acceptors (Lipinski definition) is 6. The van der Waals surface area contributed by atoms with Crippen molar-refractivity contribution in [2.45, 2.75) is 32.4 Å². The number of rotatable bonds is 6. The number of likely N-dealkylation sites (N-methyl/N-ethyl adjacent to an activating group) is 2. The van der Waals surface area contributed by atoms with Gasteiger partial charge in [0.1, 0.15) is 0 Å². The van der Waals surface area contributed by atoms with Crippen molar-refractivity contribution in [1.29, 1.82) is 0 Å². The zero-order valence-corrected chi connectivity index (χ0v) is 12.0. The van der Waals surface area contributed by atoms with Gasteiger partial charge in [-0.3, -0.25) is 15.2 Å². The topological polar surface area (TPSA) is 57.4 Å². The second-order valence-corrected chi connectivity index (χ2v) is 6.01. The summed E-state index contributed by atoms with van der Waals surface area (Å²) in [6.07, 6.45) is 4.58. The van der Waals surface area contributed by atoms with Gasteiger partial charge in [0.15, 0.2) is 5.13 Å². The molecule has 1 aromatic heterocycles. The molecule has 0 aromatic carbocycles. The maximum atomic E-state index is 5.34. The van der Waals surface area contributed by atoms with Gasteiger partial charge in [0, 0.05) is 30.2 Å². The van der Waals surface area contributed by atoms with Gasteiger partial charge in [0.25, 0.3) is 0 Å². The Balaban J connectivity index is 1.82. The fourth-order valence-corrected chi connectivity index (χ4v) is 3.46. The maximum Gasteiger partial charge on any atom is 0.197 e. The van der Waals surface area contributed by atoms with Crippen molar-refractivity contribution in [3.63, 3.8) is 0 Å². The first kappa shape index (κ1) is 13.7. The number of hydrazine groups is 1. The van der Waals surface area contributed by atoms with Crippen LogP contribution in [-0.2, 0) is 6.54 Å². The second kappa shape index (κ2) is 6.47. The molecular weight excluding hydrogens is 246 g/mol. The van der Waals surface area contributed by atoms with Gasteiger partial charge in [-0.25, -0.2) is 10.8 Å². The van der Waals surface area contributed by atoms with Crippen LogP contribution in [0, 0.1) is 0 Å². The maximum absolute atomic E-state index is 5.34. The van der Waals surface area contributed by atoms with Crippen LogP contribution in [0.15, 0.2) is 6.20 Å². The number of nitrogens with two attached hydrogens (primary N) is 1. The van der Waals surface area contributed by atoms with Crippen molar-refractivity contribution in [2.24, 2.45) is 5.84 Å². The lowest BCUT2D eigenvalue weighted by atomic mass is 10.2. The molecule has 1 unspecified atom stereocenters. The SMILES string of the molecule is CCN1CCCC1CN(C)Cc1cnc(NN)s1. The van der Waals surface area contributed by atoms with Crippen LogP contribution in [0.1, 0.15) is 24.6 Å². The number of hydrogen-bond donors (Lipinski definition) is 2. The molecule has 0 saturated carbocycles. The van der Waals surface area contributed by atoms with E-state index in [4.69, 9.17) is 5.84 Å². The summed E-state index contributed by atoms with van der Waals surface area (Å²) in [6, 6.07) is 0.722. The highest BCUT2D eigenvalue weighted by molar-refractivity contribution is 7.15. The van der Waals surface area contributed by atoms with Crippen LogP contribution in [0.25, 0.3) is 0 Å². The molecule has 6 heteroatoms. The third kappa shape index (κ3) is 3.41. The summed E-state index contributed by atoms with van der Waals surface area (Å²) in [4.78, 5) is 10.4. The van der Waals surface area contributed by atoms with Crippen LogP contribution >= 0.6 is 11.3 Å². The molecule has 0 aliphatic carbocycles. The fourth-order valence-electron chi connectivity index (χ4n) is 2.66. The number of nitrogens with one attached hydrogen (secondary N) is 1. The van der Waals surface area contributed by atoms with Crippen LogP contribution in [-0.4, -0.2) is 47.5 Å². The number of nitrogens with zero attached hydrogens (tertiary/aromatic N) is 3. The summed E-state index contributed by atoms with van der Waals surface area (Å²) in [5.41, 5.74) is 2.59. The monoisotopic (exact) mass is 269 g/mol. The predicted molar refractivity (Wildman–Crippen MR) is 76.5 cm³/mol. The van der Waals surface area contributed by atoms with Gasteiger partial charge in [-0.1, -0.05) is 18.3 Å². The molecule has 1 fully saturated rings. The first-order valence-corrected chi connectivity index (χ1v) is 7.38. The summed E-state index contributed by atoms with van der Waals surface area (Å²) in [6.45, 7) is 6.77. The number of nitrogen functional groups attached to an aromatic ring is 1. The van der Waals surface area contributed by atoms with Gasteiger partial charge in [-0.05, 0) is 33.0 Å². The minimum absolute atomic E-state index is 0.722. The number of likely N-dealkylation sites (tertiary alicyclic amines) is 1. The molecule has 102 valence electrons. The Bertz CT molecular complexity index is 367. The van der Waals surface area contributed by atoms with Gasteiger partial charge in [-0.2, -0.15) is 0 Å². The summed E-state index contributed by atoms with van der Waals surface area (Å²) >= 11 is 1.62. The molecule has 0 amide bonds. The quantitative estimate of drug-likeness (QED) is 0.603. The molecule has 2 rings (SSSR count). The standard InChI is InChI=1S/C12H23N5S/c1-3-17-6-4-5-10(17)8-16(2)9-11-7-14-12(15-13)18-11/h7,10H,3-6,8-9,13H2,1-2H3,(H,14,15). The molecule has 3 N–H and O–H groups in total. The van der Waals surface area contributed by atoms with Gasteiger partial charge >= 0.3 is 0 Å². The van der Waals surface area contributed by atoms with Crippen molar-refractivity contribution in [3.05, 3.63) is 11.1 Å². The minimum Gasteiger partial charge on any atom is -0.300 e. The van der Waals surface area contributed by atoms with E-state index in [2.05, 4.69) is 34.2 Å². The van der Waals surface area contributed by atoms with E-state index >= 15 is 0 Å². The molecule has 0 radical (unpaired) electrons. The lowest BCUT2D eigenvalue weighted by Crippen LogP contribution is -2.38. The van der Waals surface area contributed by atoms with Crippen molar-refractivity contribution in [1.82, 2.24) is 14.8 Å². The minimum atomic E-state index is 0.722. The van der Waals surface area contributed by atoms with Crippen LogP contribution in [0.3, 0.4) is 0 Å². The lowest BCUT2D eigenvalue weighted by molar-refractivity contribution is 0.195. The van der Waals surface area contributed by atoms with Crippen molar-refractivity contribution >= 4 is 16.5 Å². The van der Waals surface area contributed by atoms with E-state index in [1.54, 1.807) is 11.3 Å². The molecule has 2 heterocycles. The van der Waals surface area contributed by atoms with Crippen molar-refractivity contribution in [3.8, 4) is 0 Å². The highest BCUT2D eigenvalue weighted by Crippen LogP contribution is 2.21. The first-order valence-electron chi connectivity index (χ1n) is 6.56. The summed E-state index contributed by atoms with van der Waals surface area (Å²) < 4.78 is 0. The van der Waals surface area contributed by atoms with E-state index in [0.29, 0.717) is 0 Å². The highest BCUT2D eigenvalue weighted by Gasteiger charge is 2.24. The average Bonchev–Trinajstić information content (AvgIpc) is 2.97. The first-order chi connectivity index (χ1) is 8.72. The zero-order chi connectivity index (χ0) is 13.0. The molecule has 1 saturated heterocycles. The molecule has 1 aromatic rings. The Kier molecular flexibility index (Phi) is 4.94. The highest BCUT2D eigenvalue weighted by atomic mass is 32.1. The van der Waals surface area contributed by atoms with E-state index in [1.807, 2.05) is 6.20 Å². The fraction of sp³-hybridized carbons (Fsp3) is 0.750. The number of thiazole rings is 1. The van der Waals surface area contributed by atoms with Crippen LogP contribution in [0.2, 0.25) is 0 Å². The molecule has 1 aliphatic heterocycles. The van der Waals surface area contributed by atoms with Gasteiger partial charge in [0.05, 0.1) is 0 Å². The van der Waals surface area contributed by atoms with E-state index in [0.717, 1.165) is 24.3 Å². The van der Waals surface area contributed by atoms with Gasteiger partial charge < -0.3 is 0 Å². The summed E-state index contributed by atoms with van der Waals surface area (Å²) in [5.74, 6) is 5.34. The Morgan fingerprint density at radius 2 is 2.50 bits per heavy atom. The second-order valence-electron chi connectivity index (χ2n) is 4.90. The van der Waals surface area contributed by atoms with E-state index in [-0.39, 0.29) is 0 Å². The molecular formula is C12H23N5S. The lowest BCUT2D eigenvalue weighted by Gasteiger charge is -2.27. The van der Waals surface area contributed by atoms with E-state index in [1.165, 1.54) is 30.8 Å².